The average molecular weight is 338 g/mol. The van der Waals surface area contributed by atoms with E-state index in [2.05, 4.69) is 26.8 Å². The van der Waals surface area contributed by atoms with Crippen molar-refractivity contribution in [3.05, 3.63) is 52.7 Å². The van der Waals surface area contributed by atoms with Crippen LogP contribution in [0.3, 0.4) is 0 Å². The monoisotopic (exact) mass is 337 g/mol. The number of furan rings is 1. The van der Waals surface area contributed by atoms with E-state index >= 15 is 0 Å². The zero-order chi connectivity index (χ0) is 14.5. The van der Waals surface area contributed by atoms with Crippen molar-refractivity contribution in [2.75, 3.05) is 0 Å². The fraction of sp³-hybridized carbons (Fsp3) is 0.0769. The maximum atomic E-state index is 11.8. The topological polar surface area (TPSA) is 76.3 Å². The molecule has 0 aliphatic carbocycles. The van der Waals surface area contributed by atoms with Crippen molar-refractivity contribution in [2.24, 2.45) is 7.05 Å². The predicted molar refractivity (Wildman–Crippen MR) is 76.5 cm³/mol. The minimum atomic E-state index is -0.456. The van der Waals surface area contributed by atoms with Crippen LogP contribution in [-0.4, -0.2) is 16.4 Å². The Morgan fingerprint density at radius 2 is 2.20 bits per heavy atom. The van der Waals surface area contributed by atoms with E-state index < -0.39 is 11.8 Å². The van der Waals surface area contributed by atoms with E-state index in [9.17, 15) is 9.59 Å². The van der Waals surface area contributed by atoms with Gasteiger partial charge in [-0.1, -0.05) is 0 Å². The molecule has 0 spiro atoms. The lowest BCUT2D eigenvalue weighted by molar-refractivity contribution is -0.117. The molecule has 104 valence electrons. The van der Waals surface area contributed by atoms with Crippen LogP contribution in [0, 0.1) is 0 Å². The van der Waals surface area contributed by atoms with Gasteiger partial charge in [0.25, 0.3) is 11.8 Å². The number of carbonyl (C=O) groups is 2. The highest BCUT2D eigenvalue weighted by molar-refractivity contribution is 9.10. The van der Waals surface area contributed by atoms with Crippen molar-refractivity contribution < 1.29 is 14.0 Å². The van der Waals surface area contributed by atoms with Crippen LogP contribution in [0.2, 0.25) is 0 Å². The molecule has 0 atom stereocenters. The van der Waals surface area contributed by atoms with E-state index in [4.69, 9.17) is 4.42 Å². The van der Waals surface area contributed by atoms with Gasteiger partial charge in [0.05, 0.1) is 6.26 Å². The van der Waals surface area contributed by atoms with Crippen molar-refractivity contribution in [1.82, 2.24) is 15.4 Å². The maximum Gasteiger partial charge on any atom is 0.286 e. The number of aryl methyl sites for hydroxylation is 1. The van der Waals surface area contributed by atoms with E-state index in [1.54, 1.807) is 36.0 Å². The lowest BCUT2D eigenvalue weighted by Crippen LogP contribution is -2.41. The Bertz CT molecular complexity index is 644. The Balaban J connectivity index is 1.87. The van der Waals surface area contributed by atoms with Crippen LogP contribution in [0.4, 0.5) is 0 Å². The molecule has 2 rings (SSSR count). The van der Waals surface area contributed by atoms with Crippen LogP contribution in [0.1, 0.15) is 16.2 Å². The Kier molecular flexibility index (Phi) is 4.41. The molecule has 20 heavy (non-hydrogen) atoms. The van der Waals surface area contributed by atoms with E-state index in [1.807, 2.05) is 0 Å². The summed E-state index contributed by atoms with van der Waals surface area (Å²) in [6, 6.07) is 5.08. The molecule has 0 aliphatic heterocycles. The standard InChI is InChI=1S/C13H12BrN3O3/c1-17-8-9(14)7-11(17)13(19)16-15-12(18)5-4-10-3-2-6-20-10/h2-8H,1H3,(H,15,18)(H,16,19)/b5-4+. The third-order valence-corrected chi connectivity index (χ3v) is 2.88. The fourth-order valence-corrected chi connectivity index (χ4v) is 2.04. The van der Waals surface area contributed by atoms with E-state index in [1.165, 1.54) is 18.4 Å². The average Bonchev–Trinajstić information content (AvgIpc) is 3.03. The number of rotatable bonds is 3. The molecule has 0 fully saturated rings. The van der Waals surface area contributed by atoms with Crippen LogP contribution in [0.15, 0.2) is 45.6 Å². The third kappa shape index (κ3) is 3.61. The summed E-state index contributed by atoms with van der Waals surface area (Å²) in [6.07, 6.45) is 6.01. The lowest BCUT2D eigenvalue weighted by atomic mass is 10.4. The molecule has 6 nitrogen and oxygen atoms in total. The molecule has 0 bridgehead atoms. The summed E-state index contributed by atoms with van der Waals surface area (Å²) >= 11 is 3.27. The molecule has 0 saturated carbocycles. The highest BCUT2D eigenvalue weighted by atomic mass is 79.9. The van der Waals surface area contributed by atoms with Crippen molar-refractivity contribution in [1.29, 1.82) is 0 Å². The van der Waals surface area contributed by atoms with Gasteiger partial charge >= 0.3 is 0 Å². The van der Waals surface area contributed by atoms with Crippen molar-refractivity contribution in [3.63, 3.8) is 0 Å². The second-order valence-corrected chi connectivity index (χ2v) is 4.86. The summed E-state index contributed by atoms with van der Waals surface area (Å²) in [6.45, 7) is 0. The molecular formula is C13H12BrN3O3. The van der Waals surface area contributed by atoms with Gasteiger partial charge in [0, 0.05) is 23.8 Å². The molecule has 2 aromatic heterocycles. The number of aromatic nitrogens is 1. The number of nitrogens with one attached hydrogen (secondary N) is 2. The number of hydrogen-bond donors (Lipinski definition) is 2. The van der Waals surface area contributed by atoms with Gasteiger partial charge in [-0.2, -0.15) is 0 Å². The number of nitrogens with zero attached hydrogens (tertiary/aromatic N) is 1. The zero-order valence-electron chi connectivity index (χ0n) is 10.6. The van der Waals surface area contributed by atoms with Gasteiger partial charge < -0.3 is 8.98 Å². The molecule has 0 unspecified atom stereocenters. The highest BCUT2D eigenvalue weighted by Crippen LogP contribution is 2.13. The molecule has 2 heterocycles. The first-order chi connectivity index (χ1) is 9.56. The van der Waals surface area contributed by atoms with Crippen molar-refractivity contribution in [3.8, 4) is 0 Å². The second-order valence-electron chi connectivity index (χ2n) is 3.95. The minimum Gasteiger partial charge on any atom is -0.465 e. The summed E-state index contributed by atoms with van der Waals surface area (Å²) in [4.78, 5) is 23.3. The maximum absolute atomic E-state index is 11.8. The van der Waals surface area contributed by atoms with Gasteiger partial charge in [0.15, 0.2) is 0 Å². The Morgan fingerprint density at radius 3 is 2.80 bits per heavy atom. The molecular weight excluding hydrogens is 326 g/mol. The van der Waals surface area contributed by atoms with Crippen LogP contribution >= 0.6 is 15.9 Å². The summed E-state index contributed by atoms with van der Waals surface area (Å²) in [5.41, 5.74) is 5.03. The van der Waals surface area contributed by atoms with Gasteiger partial charge in [-0.05, 0) is 40.2 Å². The lowest BCUT2D eigenvalue weighted by Gasteiger charge is -2.05. The van der Waals surface area contributed by atoms with Crippen LogP contribution in [-0.2, 0) is 11.8 Å². The van der Waals surface area contributed by atoms with E-state index in [0.29, 0.717) is 11.5 Å². The molecule has 2 amide bonds. The number of hydrazine groups is 1. The van der Waals surface area contributed by atoms with Gasteiger partial charge in [0.1, 0.15) is 11.5 Å². The first-order valence-corrected chi connectivity index (χ1v) is 6.49. The molecule has 0 saturated heterocycles. The van der Waals surface area contributed by atoms with Gasteiger partial charge in [-0.15, -0.1) is 0 Å². The molecule has 0 aliphatic rings. The smallest absolute Gasteiger partial charge is 0.286 e. The summed E-state index contributed by atoms with van der Waals surface area (Å²) in [7, 11) is 1.73. The quantitative estimate of drug-likeness (QED) is 0.662. The van der Waals surface area contributed by atoms with Crippen molar-refractivity contribution >= 4 is 33.8 Å². The van der Waals surface area contributed by atoms with Crippen LogP contribution in [0.25, 0.3) is 6.08 Å². The molecule has 2 N–H and O–H groups in total. The van der Waals surface area contributed by atoms with Gasteiger partial charge in [0.2, 0.25) is 0 Å². The molecule has 0 radical (unpaired) electrons. The van der Waals surface area contributed by atoms with Gasteiger partial charge in [-0.25, -0.2) is 0 Å². The fourth-order valence-electron chi connectivity index (χ4n) is 1.52. The third-order valence-electron chi connectivity index (χ3n) is 2.45. The summed E-state index contributed by atoms with van der Waals surface area (Å²) in [5, 5.41) is 0. The number of hydrogen-bond acceptors (Lipinski definition) is 3. The first kappa shape index (κ1) is 14.1. The predicted octanol–water partition coefficient (Wildman–Crippen LogP) is 1.85. The second kappa shape index (κ2) is 6.25. The van der Waals surface area contributed by atoms with E-state index in [0.717, 1.165) is 4.47 Å². The Labute approximate surface area is 123 Å². The number of carbonyl (C=O) groups excluding carboxylic acids is 2. The SMILES string of the molecule is Cn1cc(Br)cc1C(=O)NNC(=O)/C=C/c1ccco1. The minimum absolute atomic E-state index is 0.405. The Hall–Kier alpha value is -2.28. The van der Waals surface area contributed by atoms with Crippen molar-refractivity contribution in [2.45, 2.75) is 0 Å². The van der Waals surface area contributed by atoms with E-state index in [-0.39, 0.29) is 0 Å². The highest BCUT2D eigenvalue weighted by Gasteiger charge is 2.11. The largest absolute Gasteiger partial charge is 0.465 e. The Morgan fingerprint density at radius 1 is 1.40 bits per heavy atom. The summed E-state index contributed by atoms with van der Waals surface area (Å²) in [5.74, 6) is -0.307. The zero-order valence-corrected chi connectivity index (χ0v) is 12.2. The first-order valence-electron chi connectivity index (χ1n) is 5.70. The van der Waals surface area contributed by atoms with Crippen LogP contribution in [0.5, 0.6) is 0 Å². The van der Waals surface area contributed by atoms with Gasteiger partial charge in [-0.3, -0.25) is 20.4 Å². The summed E-state index contributed by atoms with van der Waals surface area (Å²) < 4.78 is 7.46. The molecule has 2 aromatic rings. The number of halogens is 1. The molecule has 0 aromatic carbocycles. The molecule has 7 heteroatoms. The normalized spacial score (nSPS) is 10.7. The number of amides is 2. The van der Waals surface area contributed by atoms with Crippen LogP contribution < -0.4 is 10.9 Å².